The van der Waals surface area contributed by atoms with Gasteiger partial charge in [-0.25, -0.2) is 0 Å². The average molecular weight is 313 g/mol. The van der Waals surface area contributed by atoms with Crippen LogP contribution in [-0.2, 0) is 9.59 Å². The molecule has 0 heterocycles. The first-order chi connectivity index (χ1) is 9.54. The van der Waals surface area contributed by atoms with Crippen molar-refractivity contribution in [3.05, 3.63) is 0 Å². The van der Waals surface area contributed by atoms with Crippen LogP contribution in [0.15, 0.2) is 0 Å². The molecule has 7 rings (SSSR count). The SMILES string of the molecule is O=C(Cl)C1C2CC3C4CC5CC(C41)C(C2)C3(C(=O)Cl)C5. The molecule has 5 atom stereocenters. The number of hydrogen-bond donors (Lipinski definition) is 0. The third kappa shape index (κ3) is 1.15. The number of carbonyl (C=O) groups is 2. The summed E-state index contributed by atoms with van der Waals surface area (Å²) in [5, 5.41) is -0.185. The Labute approximate surface area is 128 Å². The van der Waals surface area contributed by atoms with E-state index in [-0.39, 0.29) is 21.8 Å². The van der Waals surface area contributed by atoms with Gasteiger partial charge >= 0.3 is 0 Å². The predicted octanol–water partition coefficient (Wildman–Crippen LogP) is 3.45. The van der Waals surface area contributed by atoms with Crippen LogP contribution in [0.3, 0.4) is 0 Å². The lowest BCUT2D eigenvalue weighted by molar-refractivity contribution is -0.258. The van der Waals surface area contributed by atoms with E-state index in [9.17, 15) is 9.59 Å². The summed E-state index contributed by atoms with van der Waals surface area (Å²) in [5.74, 6) is 3.59. The number of rotatable bonds is 2. The fourth-order valence-electron chi connectivity index (χ4n) is 7.72. The van der Waals surface area contributed by atoms with Crippen LogP contribution in [0, 0.1) is 52.8 Å². The molecule has 8 bridgehead atoms. The molecule has 5 unspecified atom stereocenters. The maximum Gasteiger partial charge on any atom is 0.228 e. The Morgan fingerprint density at radius 3 is 2.05 bits per heavy atom. The Hall–Kier alpha value is -0.0800. The number of carbonyl (C=O) groups excluding carboxylic acids is 2. The molecule has 0 amide bonds. The van der Waals surface area contributed by atoms with Crippen molar-refractivity contribution in [2.24, 2.45) is 52.8 Å². The van der Waals surface area contributed by atoms with Crippen molar-refractivity contribution in [1.29, 1.82) is 0 Å². The molecule has 7 saturated carbocycles. The van der Waals surface area contributed by atoms with E-state index in [1.165, 1.54) is 12.8 Å². The average Bonchev–Trinajstić information content (AvgIpc) is 2.42. The molecular weight excluding hydrogens is 295 g/mol. The van der Waals surface area contributed by atoms with Crippen LogP contribution in [0.5, 0.6) is 0 Å². The van der Waals surface area contributed by atoms with Crippen molar-refractivity contribution >= 4 is 33.7 Å². The van der Waals surface area contributed by atoms with E-state index in [0.717, 1.165) is 19.3 Å². The zero-order valence-electron chi connectivity index (χ0n) is 11.2. The van der Waals surface area contributed by atoms with Gasteiger partial charge in [-0.15, -0.1) is 0 Å². The normalized spacial score (nSPS) is 61.1. The summed E-state index contributed by atoms with van der Waals surface area (Å²) in [5.41, 5.74) is -0.231. The molecule has 20 heavy (non-hydrogen) atoms. The van der Waals surface area contributed by atoms with Crippen LogP contribution < -0.4 is 0 Å². The number of hydrogen-bond acceptors (Lipinski definition) is 2. The fraction of sp³-hybridized carbons (Fsp3) is 0.875. The van der Waals surface area contributed by atoms with Crippen LogP contribution >= 0.6 is 23.2 Å². The molecule has 7 aliphatic rings. The zero-order valence-corrected chi connectivity index (χ0v) is 12.7. The smallest absolute Gasteiger partial charge is 0.228 e. The molecule has 0 aromatic carbocycles. The predicted molar refractivity (Wildman–Crippen MR) is 75.2 cm³/mol. The van der Waals surface area contributed by atoms with Crippen LogP contribution in [0.1, 0.15) is 32.1 Å². The van der Waals surface area contributed by atoms with Gasteiger partial charge in [0.05, 0.1) is 5.41 Å². The van der Waals surface area contributed by atoms with Crippen LogP contribution in [0.25, 0.3) is 0 Å². The molecule has 108 valence electrons. The molecule has 0 aromatic rings. The summed E-state index contributed by atoms with van der Waals surface area (Å²) >= 11 is 12.1. The van der Waals surface area contributed by atoms with E-state index in [2.05, 4.69) is 0 Å². The molecule has 0 radical (unpaired) electrons. The molecule has 0 saturated heterocycles. The summed E-state index contributed by atoms with van der Waals surface area (Å²) < 4.78 is 0. The van der Waals surface area contributed by atoms with Crippen molar-refractivity contribution in [2.75, 3.05) is 0 Å². The van der Waals surface area contributed by atoms with Gasteiger partial charge in [0.15, 0.2) is 0 Å². The van der Waals surface area contributed by atoms with Crippen molar-refractivity contribution < 1.29 is 9.59 Å². The second kappa shape index (κ2) is 3.63. The third-order valence-corrected chi connectivity index (χ3v) is 8.45. The van der Waals surface area contributed by atoms with Crippen molar-refractivity contribution in [3.8, 4) is 0 Å². The van der Waals surface area contributed by atoms with Gasteiger partial charge in [0.2, 0.25) is 10.5 Å². The highest BCUT2D eigenvalue weighted by molar-refractivity contribution is 6.65. The summed E-state index contributed by atoms with van der Waals surface area (Å²) in [6.45, 7) is 0. The molecule has 0 aromatic heterocycles. The lowest BCUT2D eigenvalue weighted by Gasteiger charge is -2.74. The summed E-state index contributed by atoms with van der Waals surface area (Å²) in [4.78, 5) is 24.3. The highest BCUT2D eigenvalue weighted by Gasteiger charge is 2.74. The van der Waals surface area contributed by atoms with Gasteiger partial charge in [0.25, 0.3) is 0 Å². The van der Waals surface area contributed by atoms with Gasteiger partial charge in [-0.1, -0.05) is 0 Å². The minimum Gasteiger partial charge on any atom is -0.281 e. The summed E-state index contributed by atoms with van der Waals surface area (Å²) in [6.07, 6.45) is 5.46. The van der Waals surface area contributed by atoms with E-state index in [1.807, 2.05) is 0 Å². The van der Waals surface area contributed by atoms with Crippen molar-refractivity contribution in [1.82, 2.24) is 0 Å². The zero-order chi connectivity index (χ0) is 13.8. The topological polar surface area (TPSA) is 34.1 Å². The van der Waals surface area contributed by atoms with Gasteiger partial charge in [0.1, 0.15) is 0 Å². The van der Waals surface area contributed by atoms with Crippen LogP contribution in [0.2, 0.25) is 0 Å². The Morgan fingerprint density at radius 2 is 1.55 bits per heavy atom. The van der Waals surface area contributed by atoms with Gasteiger partial charge in [0, 0.05) is 5.92 Å². The van der Waals surface area contributed by atoms with Crippen molar-refractivity contribution in [3.63, 3.8) is 0 Å². The molecule has 0 spiro atoms. The standard InChI is InChI=1S/C16H18Cl2O2/c17-14(19)12-7-3-10-8-1-6-2-9(13(8)12)11(4-7)16(10,5-6)15(18)20/h6-13H,1-5H2. The van der Waals surface area contributed by atoms with Crippen molar-refractivity contribution in [2.45, 2.75) is 32.1 Å². The first-order valence-corrected chi connectivity index (χ1v) is 8.69. The maximum absolute atomic E-state index is 12.3. The lowest BCUT2D eigenvalue weighted by atomic mass is 9.29. The second-order valence-corrected chi connectivity index (χ2v) is 8.75. The maximum atomic E-state index is 12.3. The van der Waals surface area contributed by atoms with Crippen LogP contribution in [0.4, 0.5) is 0 Å². The lowest BCUT2D eigenvalue weighted by Crippen LogP contribution is -2.72. The second-order valence-electron chi connectivity index (χ2n) is 8.04. The molecule has 7 aliphatic carbocycles. The van der Waals surface area contributed by atoms with Gasteiger partial charge < -0.3 is 0 Å². The first kappa shape index (κ1) is 12.5. The molecule has 0 N–H and O–H groups in total. The highest BCUT2D eigenvalue weighted by Crippen LogP contribution is 2.77. The minimum absolute atomic E-state index is 0.0700. The van der Waals surface area contributed by atoms with E-state index in [1.54, 1.807) is 0 Å². The van der Waals surface area contributed by atoms with Gasteiger partial charge in [-0.2, -0.15) is 0 Å². The molecule has 4 heteroatoms. The largest absolute Gasteiger partial charge is 0.281 e. The van der Waals surface area contributed by atoms with E-state index in [0.29, 0.717) is 41.4 Å². The fourth-order valence-corrected chi connectivity index (χ4v) is 8.40. The molecular formula is C16H18Cl2O2. The van der Waals surface area contributed by atoms with E-state index in [4.69, 9.17) is 23.2 Å². The highest BCUT2D eigenvalue weighted by atomic mass is 35.5. The number of halogens is 2. The van der Waals surface area contributed by atoms with Gasteiger partial charge in [-0.05, 0) is 96.7 Å². The molecule has 7 fully saturated rings. The van der Waals surface area contributed by atoms with Crippen LogP contribution in [-0.4, -0.2) is 10.5 Å². The Kier molecular flexibility index (Phi) is 2.26. The molecule has 2 nitrogen and oxygen atoms in total. The summed E-state index contributed by atoms with van der Waals surface area (Å²) in [7, 11) is 0. The Bertz CT molecular complexity index is 503. The van der Waals surface area contributed by atoms with E-state index < -0.39 is 0 Å². The van der Waals surface area contributed by atoms with Gasteiger partial charge in [-0.3, -0.25) is 9.59 Å². The first-order valence-electron chi connectivity index (χ1n) is 7.93. The quantitative estimate of drug-likeness (QED) is 0.732. The Balaban J connectivity index is 1.68. The molecule has 0 aliphatic heterocycles. The van der Waals surface area contributed by atoms with E-state index >= 15 is 0 Å². The third-order valence-electron chi connectivity index (χ3n) is 7.85. The summed E-state index contributed by atoms with van der Waals surface area (Å²) in [6, 6.07) is 0. The monoisotopic (exact) mass is 312 g/mol. The minimum atomic E-state index is -0.231. The Morgan fingerprint density at radius 1 is 0.950 bits per heavy atom.